The van der Waals surface area contributed by atoms with Crippen LogP contribution in [-0.2, 0) is 14.2 Å². The first kappa shape index (κ1) is 29.6. The second-order valence-electron chi connectivity index (χ2n) is 10.0. The Bertz CT molecular complexity index is 2010. The van der Waals surface area contributed by atoms with Crippen LogP contribution in [0.15, 0.2) is 101 Å². The molecule has 0 saturated carbocycles. The van der Waals surface area contributed by atoms with E-state index in [4.69, 9.17) is 19.9 Å². The van der Waals surface area contributed by atoms with Gasteiger partial charge in [-0.25, -0.2) is 9.59 Å². The van der Waals surface area contributed by atoms with E-state index in [1.54, 1.807) is 54.6 Å². The normalized spacial score (nSPS) is 21.0. The standard InChI is InChI=1S/C31H24N4O9S/c32-29-33-24-21(25(37)34-29)45-30(40)35(24)28-31(41,22(36)17-10-4-1-5-11-17)23(44-27(39)19-14-8-3-9-15-19)20(43-28)16-42-26(38)18-12-6-2-7-13-18/h1-15,20,23,28,41H,16H2,(H3,32,33,34,37)/t20-,23-,28-,31-/m0/s1. The number of thiazole rings is 1. The summed E-state index contributed by atoms with van der Waals surface area (Å²) in [4.78, 5) is 72.0. The molecule has 45 heavy (non-hydrogen) atoms. The number of hydrogen-bond donors (Lipinski definition) is 3. The number of fused-ring (bicyclic) bond motifs is 1. The summed E-state index contributed by atoms with van der Waals surface area (Å²) in [5, 5.41) is 12.5. The van der Waals surface area contributed by atoms with Crippen LogP contribution in [0.25, 0.3) is 10.3 Å². The van der Waals surface area contributed by atoms with Crippen molar-refractivity contribution < 1.29 is 33.7 Å². The first-order chi connectivity index (χ1) is 21.7. The highest BCUT2D eigenvalue weighted by Gasteiger charge is 2.64. The van der Waals surface area contributed by atoms with Crippen LogP contribution >= 0.6 is 11.3 Å². The fraction of sp³-hybridized carbons (Fsp3) is 0.161. The molecule has 0 unspecified atom stereocenters. The van der Waals surface area contributed by atoms with Crippen molar-refractivity contribution in [1.29, 1.82) is 0 Å². The number of nitrogens with zero attached hydrogens (tertiary/aromatic N) is 2. The predicted molar refractivity (Wildman–Crippen MR) is 161 cm³/mol. The van der Waals surface area contributed by atoms with Gasteiger partial charge in [-0.3, -0.25) is 23.9 Å². The number of aliphatic hydroxyl groups is 1. The van der Waals surface area contributed by atoms with Crippen molar-refractivity contribution in [1.82, 2.24) is 14.5 Å². The number of anilines is 1. The van der Waals surface area contributed by atoms with Gasteiger partial charge in [-0.2, -0.15) is 4.98 Å². The van der Waals surface area contributed by atoms with Gasteiger partial charge in [0.15, 0.2) is 18.0 Å². The summed E-state index contributed by atoms with van der Waals surface area (Å²) in [6, 6.07) is 23.4. The van der Waals surface area contributed by atoms with Gasteiger partial charge in [-0.1, -0.05) is 78.1 Å². The Kier molecular flexibility index (Phi) is 7.85. The number of ketones is 1. The molecule has 0 radical (unpaired) electrons. The summed E-state index contributed by atoms with van der Waals surface area (Å²) in [5.41, 5.74) is 2.26. The molecular weight excluding hydrogens is 604 g/mol. The molecule has 1 fully saturated rings. The maximum absolute atomic E-state index is 14.2. The third-order valence-corrected chi connectivity index (χ3v) is 8.15. The minimum absolute atomic E-state index is 0.00538. The van der Waals surface area contributed by atoms with Crippen molar-refractivity contribution in [2.75, 3.05) is 12.3 Å². The summed E-state index contributed by atoms with van der Waals surface area (Å²) in [7, 11) is 0. The molecule has 228 valence electrons. The first-order valence-corrected chi connectivity index (χ1v) is 14.4. The Morgan fingerprint density at radius 3 is 2.07 bits per heavy atom. The van der Waals surface area contributed by atoms with Gasteiger partial charge in [0.1, 0.15) is 17.4 Å². The van der Waals surface area contributed by atoms with Crippen molar-refractivity contribution in [3.8, 4) is 0 Å². The van der Waals surface area contributed by atoms with Gasteiger partial charge in [0.05, 0.1) is 11.1 Å². The number of nitrogens with one attached hydrogen (secondary N) is 1. The number of benzene rings is 3. The lowest BCUT2D eigenvalue weighted by molar-refractivity contribution is -0.0852. The lowest BCUT2D eigenvalue weighted by Gasteiger charge is -2.32. The molecule has 3 heterocycles. The quantitative estimate of drug-likeness (QED) is 0.169. The lowest BCUT2D eigenvalue weighted by atomic mass is 9.85. The SMILES string of the molecule is Nc1nc2c(sc(=O)n2[C@H]2O[C@@H](COC(=O)c3ccccc3)[C@H](OC(=O)c3ccccc3)[C@@]2(O)C(=O)c2ccccc2)c(=O)[nH]1. The Morgan fingerprint density at radius 2 is 1.47 bits per heavy atom. The average molecular weight is 629 g/mol. The van der Waals surface area contributed by atoms with Crippen LogP contribution in [-0.4, -0.2) is 61.8 Å². The van der Waals surface area contributed by atoms with Crippen LogP contribution < -0.4 is 16.2 Å². The number of nitrogens with two attached hydrogens (primary N) is 1. The molecule has 14 heteroatoms. The number of rotatable bonds is 8. The smallest absolute Gasteiger partial charge is 0.338 e. The Labute approximate surface area is 257 Å². The fourth-order valence-electron chi connectivity index (χ4n) is 5.10. The summed E-state index contributed by atoms with van der Waals surface area (Å²) in [6.07, 6.45) is -5.21. The molecule has 0 bridgehead atoms. The molecule has 4 atom stereocenters. The minimum Gasteiger partial charge on any atom is -0.459 e. The van der Waals surface area contributed by atoms with Crippen LogP contribution in [0.5, 0.6) is 0 Å². The third kappa shape index (κ3) is 5.42. The monoisotopic (exact) mass is 628 g/mol. The van der Waals surface area contributed by atoms with E-state index in [2.05, 4.69) is 9.97 Å². The van der Waals surface area contributed by atoms with Gasteiger partial charge in [0.25, 0.3) is 5.56 Å². The maximum Gasteiger partial charge on any atom is 0.338 e. The molecule has 2 aromatic heterocycles. The molecule has 1 aliphatic rings. The van der Waals surface area contributed by atoms with Gasteiger partial charge >= 0.3 is 16.8 Å². The second-order valence-corrected chi connectivity index (χ2v) is 11.0. The molecule has 13 nitrogen and oxygen atoms in total. The molecule has 0 spiro atoms. The number of aromatic amines is 1. The highest BCUT2D eigenvalue weighted by molar-refractivity contribution is 7.16. The number of Topliss-reactive ketones (excluding diaryl/α,β-unsaturated/α-hetero) is 1. The number of ether oxygens (including phenoxy) is 3. The molecule has 1 aliphatic heterocycles. The zero-order valence-corrected chi connectivity index (χ0v) is 24.0. The largest absolute Gasteiger partial charge is 0.459 e. The van der Waals surface area contributed by atoms with E-state index < -0.39 is 58.8 Å². The van der Waals surface area contributed by atoms with E-state index in [-0.39, 0.29) is 33.0 Å². The molecule has 0 aliphatic carbocycles. The third-order valence-electron chi connectivity index (χ3n) is 7.21. The van der Waals surface area contributed by atoms with Gasteiger partial charge < -0.3 is 25.1 Å². The number of esters is 2. The van der Waals surface area contributed by atoms with Crippen LogP contribution in [0.4, 0.5) is 5.95 Å². The molecule has 4 N–H and O–H groups in total. The van der Waals surface area contributed by atoms with Crippen LogP contribution in [0.2, 0.25) is 0 Å². The van der Waals surface area contributed by atoms with Gasteiger partial charge in [-0.15, -0.1) is 0 Å². The zero-order valence-electron chi connectivity index (χ0n) is 23.2. The average Bonchev–Trinajstić information content (AvgIpc) is 3.53. The molecule has 1 saturated heterocycles. The molecule has 6 rings (SSSR count). The Balaban J connectivity index is 1.50. The topological polar surface area (TPSA) is 193 Å². The first-order valence-electron chi connectivity index (χ1n) is 13.5. The molecular formula is C31H24N4O9S. The Hall–Kier alpha value is -5.44. The summed E-state index contributed by atoms with van der Waals surface area (Å²) >= 11 is 0.488. The van der Waals surface area contributed by atoms with Gasteiger partial charge in [-0.05, 0) is 24.3 Å². The predicted octanol–water partition coefficient (Wildman–Crippen LogP) is 2.32. The zero-order chi connectivity index (χ0) is 31.7. The number of H-pyrrole nitrogens is 1. The number of nitrogen functional groups attached to an aromatic ring is 1. The fourth-order valence-corrected chi connectivity index (χ4v) is 5.94. The summed E-state index contributed by atoms with van der Waals surface area (Å²) in [5.74, 6) is -2.99. The van der Waals surface area contributed by atoms with Gasteiger partial charge in [0, 0.05) is 5.56 Å². The summed E-state index contributed by atoms with van der Waals surface area (Å²) in [6.45, 7) is -0.603. The van der Waals surface area contributed by atoms with Gasteiger partial charge in [0.2, 0.25) is 17.3 Å². The minimum atomic E-state index is -2.80. The van der Waals surface area contributed by atoms with E-state index in [0.29, 0.717) is 11.3 Å². The van der Waals surface area contributed by atoms with E-state index in [0.717, 1.165) is 4.57 Å². The summed E-state index contributed by atoms with van der Waals surface area (Å²) < 4.78 is 18.0. The van der Waals surface area contributed by atoms with E-state index >= 15 is 0 Å². The lowest BCUT2D eigenvalue weighted by Crippen LogP contribution is -2.56. The van der Waals surface area contributed by atoms with E-state index in [1.807, 2.05) is 0 Å². The van der Waals surface area contributed by atoms with E-state index in [9.17, 15) is 29.1 Å². The van der Waals surface area contributed by atoms with Crippen LogP contribution in [0, 0.1) is 0 Å². The van der Waals surface area contributed by atoms with Crippen molar-refractivity contribution in [2.45, 2.75) is 24.0 Å². The van der Waals surface area contributed by atoms with Crippen molar-refractivity contribution in [2.24, 2.45) is 0 Å². The molecule has 0 amide bonds. The highest BCUT2D eigenvalue weighted by atomic mass is 32.1. The van der Waals surface area contributed by atoms with Crippen molar-refractivity contribution >= 4 is 45.4 Å². The number of hydrogen-bond acceptors (Lipinski definition) is 12. The highest BCUT2D eigenvalue weighted by Crippen LogP contribution is 2.43. The van der Waals surface area contributed by atoms with Crippen LogP contribution in [0.3, 0.4) is 0 Å². The second kappa shape index (κ2) is 11.9. The van der Waals surface area contributed by atoms with Crippen molar-refractivity contribution in [3.05, 3.63) is 128 Å². The molecule has 5 aromatic rings. The number of aromatic nitrogens is 3. The Morgan fingerprint density at radius 1 is 0.911 bits per heavy atom. The number of carbonyl (C=O) groups excluding carboxylic acids is 3. The molecule has 3 aromatic carbocycles. The van der Waals surface area contributed by atoms with E-state index in [1.165, 1.54) is 36.4 Å². The number of carbonyl (C=O) groups is 3. The maximum atomic E-state index is 14.2. The van der Waals surface area contributed by atoms with Crippen LogP contribution in [0.1, 0.15) is 37.3 Å². The van der Waals surface area contributed by atoms with Crippen molar-refractivity contribution in [3.63, 3.8) is 0 Å².